The predicted octanol–water partition coefficient (Wildman–Crippen LogP) is 5.21. The van der Waals surface area contributed by atoms with Crippen molar-refractivity contribution in [2.45, 2.75) is 31.8 Å². The molecule has 1 aliphatic carbocycles. The molecule has 132 valence electrons. The Labute approximate surface area is 162 Å². The molecule has 2 aromatic rings. The standard InChI is InChI=1S/C18H18Cl3N3O/c1-11(16-4-2-3-7-22-16)24(13-5-6-13)10-17(25)23-18-14(20)8-12(19)9-15(18)21/h2-4,7-9,11,13H,5-6,10H2,1H3,(H,23,25). The first-order valence-corrected chi connectivity index (χ1v) is 9.20. The summed E-state index contributed by atoms with van der Waals surface area (Å²) in [4.78, 5) is 19.1. The first kappa shape index (κ1) is 18.5. The minimum absolute atomic E-state index is 0.0515. The number of benzene rings is 1. The quantitative estimate of drug-likeness (QED) is 0.727. The van der Waals surface area contributed by atoms with E-state index in [1.54, 1.807) is 18.3 Å². The number of aromatic nitrogens is 1. The largest absolute Gasteiger partial charge is 0.322 e. The fraction of sp³-hybridized carbons (Fsp3) is 0.333. The molecule has 0 spiro atoms. The molecule has 1 fully saturated rings. The van der Waals surface area contributed by atoms with Crippen LogP contribution in [0.2, 0.25) is 15.1 Å². The number of nitrogens with zero attached hydrogens (tertiary/aromatic N) is 2. The van der Waals surface area contributed by atoms with E-state index in [9.17, 15) is 4.79 Å². The first-order chi connectivity index (χ1) is 12.0. The van der Waals surface area contributed by atoms with Gasteiger partial charge in [0, 0.05) is 17.3 Å². The van der Waals surface area contributed by atoms with Crippen molar-refractivity contribution in [2.75, 3.05) is 11.9 Å². The summed E-state index contributed by atoms with van der Waals surface area (Å²) < 4.78 is 0. The lowest BCUT2D eigenvalue weighted by Gasteiger charge is -2.28. The molecule has 1 unspecified atom stereocenters. The Balaban J connectivity index is 1.72. The smallest absolute Gasteiger partial charge is 0.238 e. The van der Waals surface area contributed by atoms with Crippen molar-refractivity contribution in [1.82, 2.24) is 9.88 Å². The molecule has 1 saturated carbocycles. The molecule has 0 aliphatic heterocycles. The molecule has 0 bridgehead atoms. The zero-order valence-electron chi connectivity index (χ0n) is 13.7. The maximum Gasteiger partial charge on any atom is 0.238 e. The fourth-order valence-corrected chi connectivity index (χ4v) is 3.70. The third kappa shape index (κ3) is 4.64. The van der Waals surface area contributed by atoms with Gasteiger partial charge in [0.25, 0.3) is 0 Å². The Morgan fingerprint density at radius 2 is 1.96 bits per heavy atom. The number of hydrogen-bond acceptors (Lipinski definition) is 3. The van der Waals surface area contributed by atoms with Crippen molar-refractivity contribution in [3.8, 4) is 0 Å². The number of carbonyl (C=O) groups excluding carboxylic acids is 1. The van der Waals surface area contributed by atoms with Crippen molar-refractivity contribution >= 4 is 46.4 Å². The van der Waals surface area contributed by atoms with Crippen LogP contribution in [0, 0.1) is 0 Å². The zero-order valence-corrected chi connectivity index (χ0v) is 15.9. The first-order valence-electron chi connectivity index (χ1n) is 8.06. The van der Waals surface area contributed by atoms with Gasteiger partial charge in [0.05, 0.1) is 34.0 Å². The van der Waals surface area contributed by atoms with Crippen LogP contribution in [0.15, 0.2) is 36.5 Å². The summed E-state index contributed by atoms with van der Waals surface area (Å²) >= 11 is 18.2. The molecule has 7 heteroatoms. The number of carbonyl (C=O) groups is 1. The van der Waals surface area contributed by atoms with Crippen molar-refractivity contribution < 1.29 is 4.79 Å². The number of pyridine rings is 1. The molecule has 0 saturated heterocycles. The van der Waals surface area contributed by atoms with Crippen molar-refractivity contribution in [1.29, 1.82) is 0 Å². The van der Waals surface area contributed by atoms with E-state index < -0.39 is 0 Å². The molecule has 1 N–H and O–H groups in total. The van der Waals surface area contributed by atoms with Crippen molar-refractivity contribution in [3.63, 3.8) is 0 Å². The van der Waals surface area contributed by atoms with Crippen LogP contribution in [0.25, 0.3) is 0 Å². The van der Waals surface area contributed by atoms with Crippen molar-refractivity contribution in [2.24, 2.45) is 0 Å². The van der Waals surface area contributed by atoms with Crippen LogP contribution < -0.4 is 5.32 Å². The predicted molar refractivity (Wildman–Crippen MR) is 102 cm³/mol. The van der Waals surface area contributed by atoms with Crippen molar-refractivity contribution in [3.05, 3.63) is 57.3 Å². The number of rotatable bonds is 6. The van der Waals surface area contributed by atoms with Crippen LogP contribution in [-0.4, -0.2) is 28.4 Å². The molecular weight excluding hydrogens is 381 g/mol. The Bertz CT molecular complexity index is 742. The van der Waals surface area contributed by atoms with Crippen LogP contribution in [-0.2, 0) is 4.79 Å². The second-order valence-corrected chi connectivity index (χ2v) is 7.38. The van der Waals surface area contributed by atoms with Gasteiger partial charge in [0.1, 0.15) is 0 Å². The summed E-state index contributed by atoms with van der Waals surface area (Å²) in [6.45, 7) is 2.31. The highest BCUT2D eigenvalue weighted by Gasteiger charge is 2.34. The van der Waals surface area contributed by atoms with E-state index in [-0.39, 0.29) is 18.5 Å². The molecular formula is C18H18Cl3N3O. The lowest BCUT2D eigenvalue weighted by Crippen LogP contribution is -2.37. The molecule has 1 atom stereocenters. The van der Waals surface area contributed by atoms with Gasteiger partial charge in [-0.15, -0.1) is 0 Å². The molecule has 3 rings (SSSR count). The van der Waals surface area contributed by atoms with Crippen LogP contribution >= 0.6 is 34.8 Å². The molecule has 1 amide bonds. The summed E-state index contributed by atoms with van der Waals surface area (Å²) in [6.07, 6.45) is 3.95. The second kappa shape index (κ2) is 7.92. The summed E-state index contributed by atoms with van der Waals surface area (Å²) in [5.74, 6) is -0.166. The number of nitrogens with one attached hydrogen (secondary N) is 1. The minimum Gasteiger partial charge on any atom is -0.322 e. The van der Waals surface area contributed by atoms with E-state index in [1.165, 1.54) is 0 Å². The Kier molecular flexibility index (Phi) is 5.85. The normalized spacial score (nSPS) is 15.2. The number of amides is 1. The van der Waals surface area contributed by atoms with E-state index in [0.717, 1.165) is 18.5 Å². The molecule has 1 aromatic heterocycles. The molecule has 1 aliphatic rings. The summed E-state index contributed by atoms with van der Waals surface area (Å²) in [5, 5.41) is 3.87. The van der Waals surface area contributed by atoms with E-state index in [1.807, 2.05) is 18.2 Å². The number of anilines is 1. The third-order valence-corrected chi connectivity index (χ3v) is 5.04. The fourth-order valence-electron chi connectivity index (χ4n) is 2.79. The van der Waals surface area contributed by atoms with Gasteiger partial charge in [-0.2, -0.15) is 0 Å². The highest BCUT2D eigenvalue weighted by atomic mass is 35.5. The summed E-state index contributed by atoms with van der Waals surface area (Å²) in [5.41, 5.74) is 1.34. The van der Waals surface area contributed by atoms with Gasteiger partial charge in [-0.1, -0.05) is 40.9 Å². The Morgan fingerprint density at radius 3 is 2.52 bits per heavy atom. The maximum atomic E-state index is 12.6. The lowest BCUT2D eigenvalue weighted by atomic mass is 10.1. The van der Waals surface area contributed by atoms with Gasteiger partial charge in [0.2, 0.25) is 5.91 Å². The molecule has 1 heterocycles. The number of halogens is 3. The highest BCUT2D eigenvalue weighted by molar-refractivity contribution is 6.42. The van der Waals surface area contributed by atoms with Gasteiger partial charge in [-0.25, -0.2) is 0 Å². The molecule has 1 aromatic carbocycles. The minimum atomic E-state index is -0.166. The van der Waals surface area contributed by atoms with Gasteiger partial charge >= 0.3 is 0 Å². The topological polar surface area (TPSA) is 45.2 Å². The second-order valence-electron chi connectivity index (χ2n) is 6.13. The van der Waals surface area contributed by atoms with E-state index >= 15 is 0 Å². The van der Waals surface area contributed by atoms with Crippen LogP contribution in [0.5, 0.6) is 0 Å². The molecule has 4 nitrogen and oxygen atoms in total. The average molecular weight is 399 g/mol. The molecule has 25 heavy (non-hydrogen) atoms. The van der Waals surface area contributed by atoms with Gasteiger partial charge in [-0.05, 0) is 44.0 Å². The Hall–Kier alpha value is -1.33. The maximum absolute atomic E-state index is 12.6. The van der Waals surface area contributed by atoms with E-state index in [0.29, 0.717) is 26.8 Å². The van der Waals surface area contributed by atoms with Crippen LogP contribution in [0.3, 0.4) is 0 Å². The van der Waals surface area contributed by atoms with E-state index in [4.69, 9.17) is 34.8 Å². The van der Waals surface area contributed by atoms with E-state index in [2.05, 4.69) is 22.1 Å². The number of hydrogen-bond donors (Lipinski definition) is 1. The zero-order chi connectivity index (χ0) is 18.0. The van der Waals surface area contributed by atoms with Gasteiger partial charge in [-0.3, -0.25) is 14.7 Å². The SMILES string of the molecule is CC(c1ccccn1)N(CC(=O)Nc1c(Cl)cc(Cl)cc1Cl)C1CC1. The highest BCUT2D eigenvalue weighted by Crippen LogP contribution is 2.35. The summed E-state index contributed by atoms with van der Waals surface area (Å²) in [6, 6.07) is 9.38. The van der Waals surface area contributed by atoms with Gasteiger partial charge in [0.15, 0.2) is 0 Å². The van der Waals surface area contributed by atoms with Gasteiger partial charge < -0.3 is 5.32 Å². The summed E-state index contributed by atoms with van der Waals surface area (Å²) in [7, 11) is 0. The van der Waals surface area contributed by atoms with Crippen LogP contribution in [0.1, 0.15) is 31.5 Å². The lowest BCUT2D eigenvalue weighted by molar-refractivity contribution is -0.118. The average Bonchev–Trinajstić information content (AvgIpc) is 3.41. The third-order valence-electron chi connectivity index (χ3n) is 4.23. The monoisotopic (exact) mass is 397 g/mol. The molecule has 0 radical (unpaired) electrons. The van der Waals surface area contributed by atoms with Crippen LogP contribution in [0.4, 0.5) is 5.69 Å². The Morgan fingerprint density at radius 1 is 1.28 bits per heavy atom.